The molecule has 2 aromatic carbocycles. The molecule has 0 saturated heterocycles. The third-order valence-electron chi connectivity index (χ3n) is 5.11. The molecule has 0 unspecified atom stereocenters. The van der Waals surface area contributed by atoms with E-state index in [1.54, 1.807) is 31.4 Å². The van der Waals surface area contributed by atoms with Crippen LogP contribution in [0.4, 0.5) is 0 Å². The second-order valence-corrected chi connectivity index (χ2v) is 8.84. The molecule has 0 aliphatic heterocycles. The lowest BCUT2D eigenvalue weighted by Gasteiger charge is -2.09. The van der Waals surface area contributed by atoms with Gasteiger partial charge in [-0.05, 0) is 41.5 Å². The molecule has 4 rings (SSSR count). The highest BCUT2D eigenvalue weighted by Crippen LogP contribution is 2.25. The van der Waals surface area contributed by atoms with E-state index >= 15 is 0 Å². The maximum absolute atomic E-state index is 13.0. The Bertz CT molecular complexity index is 1540. The summed E-state index contributed by atoms with van der Waals surface area (Å²) < 4.78 is 15.4. The minimum atomic E-state index is -4.64. The smallest absolute Gasteiger partial charge is 0.466 e. The first-order valence-electron chi connectivity index (χ1n) is 10.8. The zero-order valence-electron chi connectivity index (χ0n) is 19.9. The average molecular weight is 542 g/mol. The molecule has 0 aliphatic rings. The van der Waals surface area contributed by atoms with Gasteiger partial charge in [-0.1, -0.05) is 24.3 Å². The van der Waals surface area contributed by atoms with E-state index < -0.39 is 19.7 Å². The van der Waals surface area contributed by atoms with Gasteiger partial charge in [0, 0.05) is 6.54 Å². The van der Waals surface area contributed by atoms with Crippen molar-refractivity contribution >= 4 is 30.6 Å². The summed E-state index contributed by atoms with van der Waals surface area (Å²) in [6.45, 7) is 0.509. The van der Waals surface area contributed by atoms with Crippen molar-refractivity contribution in [2.24, 2.45) is 0 Å². The number of nitrogens with one attached hydrogen (secondary N) is 1. The molecule has 0 bridgehead atoms. The maximum Gasteiger partial charge on any atom is 0.466 e. The molecule has 0 radical (unpaired) electrons. The highest BCUT2D eigenvalue weighted by atomic mass is 31.2. The zero-order valence-corrected chi connectivity index (χ0v) is 20.8. The number of rotatable bonds is 7. The second-order valence-electron chi connectivity index (χ2n) is 7.81. The Labute approximate surface area is 215 Å². The first-order valence-corrected chi connectivity index (χ1v) is 12.4. The monoisotopic (exact) mass is 542 g/mol. The Balaban J connectivity index is 0.000000732. The number of amides is 1. The molecule has 0 spiro atoms. The summed E-state index contributed by atoms with van der Waals surface area (Å²) in [5.41, 5.74) is 1.97. The lowest BCUT2D eigenvalue weighted by Crippen LogP contribution is -2.25. The highest BCUT2D eigenvalue weighted by molar-refractivity contribution is 7.45. The molecule has 0 saturated carbocycles. The molecule has 14 heteroatoms. The molecule has 0 atom stereocenters. The van der Waals surface area contributed by atoms with Crippen molar-refractivity contribution in [3.05, 3.63) is 99.9 Å². The van der Waals surface area contributed by atoms with Crippen molar-refractivity contribution in [1.82, 2.24) is 19.9 Å². The number of ether oxygens (including phenoxy) is 1. The van der Waals surface area contributed by atoms with Crippen LogP contribution in [0, 0.1) is 0 Å². The van der Waals surface area contributed by atoms with Gasteiger partial charge in [-0.15, -0.1) is 0 Å². The summed E-state index contributed by atoms with van der Waals surface area (Å²) >= 11 is 0. The zero-order chi connectivity index (χ0) is 27.9. The number of pyridine rings is 1. The van der Waals surface area contributed by atoms with Crippen LogP contribution in [-0.4, -0.2) is 53.3 Å². The quantitative estimate of drug-likeness (QED) is 0.212. The van der Waals surface area contributed by atoms with E-state index in [1.165, 1.54) is 35.3 Å². The predicted molar refractivity (Wildman–Crippen MR) is 135 cm³/mol. The first kappa shape index (κ1) is 28.2. The van der Waals surface area contributed by atoms with Crippen LogP contribution in [0.2, 0.25) is 0 Å². The average Bonchev–Trinajstić information content (AvgIpc) is 2.88. The van der Waals surface area contributed by atoms with Gasteiger partial charge in [0.15, 0.2) is 0 Å². The maximum atomic E-state index is 13.0. The Morgan fingerprint density at radius 3 is 2.18 bits per heavy atom. The number of carbonyl (C=O) groups excluding carboxylic acids is 1. The number of carboxylic acid groups (broad SMARTS) is 1. The minimum absolute atomic E-state index is 0.110. The van der Waals surface area contributed by atoms with Gasteiger partial charge in [0.05, 0.1) is 42.6 Å². The van der Waals surface area contributed by atoms with Crippen molar-refractivity contribution < 1.29 is 38.7 Å². The summed E-state index contributed by atoms with van der Waals surface area (Å²) in [5.74, 6) is -0.703. The molecule has 38 heavy (non-hydrogen) atoms. The molecule has 4 aromatic rings. The van der Waals surface area contributed by atoms with Crippen molar-refractivity contribution in [2.75, 3.05) is 7.11 Å². The number of carboxylic acids is 1. The fourth-order valence-corrected chi connectivity index (χ4v) is 3.26. The Kier molecular flexibility index (Phi) is 9.05. The van der Waals surface area contributed by atoms with Gasteiger partial charge in [0.1, 0.15) is 11.4 Å². The van der Waals surface area contributed by atoms with Gasteiger partial charge >= 0.3 is 13.8 Å². The van der Waals surface area contributed by atoms with E-state index in [0.29, 0.717) is 12.1 Å². The molecule has 5 N–H and O–H groups in total. The van der Waals surface area contributed by atoms with Gasteiger partial charge in [-0.3, -0.25) is 14.2 Å². The lowest BCUT2D eigenvalue weighted by molar-refractivity contribution is 0.0696. The van der Waals surface area contributed by atoms with Crippen LogP contribution in [0.15, 0.2) is 71.9 Å². The van der Waals surface area contributed by atoms with E-state index in [-0.39, 0.29) is 28.7 Å². The van der Waals surface area contributed by atoms with E-state index in [9.17, 15) is 14.4 Å². The van der Waals surface area contributed by atoms with Gasteiger partial charge in [0.25, 0.3) is 11.5 Å². The van der Waals surface area contributed by atoms with Crippen molar-refractivity contribution in [2.45, 2.75) is 13.1 Å². The van der Waals surface area contributed by atoms with Crippen LogP contribution in [0.1, 0.15) is 32.0 Å². The number of hydrogen-bond acceptors (Lipinski definition) is 7. The minimum Gasteiger partial charge on any atom is -0.497 e. The van der Waals surface area contributed by atoms with Crippen molar-refractivity contribution in [3.8, 4) is 5.75 Å². The Morgan fingerprint density at radius 2 is 1.61 bits per heavy atom. The van der Waals surface area contributed by atoms with Crippen LogP contribution in [0.3, 0.4) is 0 Å². The van der Waals surface area contributed by atoms with E-state index in [0.717, 1.165) is 16.9 Å². The summed E-state index contributed by atoms with van der Waals surface area (Å²) in [5, 5.41) is 12.1. The standard InChI is InChI=1S/C24H20N4O5.H3O4P/c1-33-18-8-4-15(5-9-18)11-26-22(29)20-10-19-21(12-25-20)27-14-28(23(19)30)13-16-2-6-17(7-3-16)24(31)32;1-5(2,3)4/h2-10,12,14H,11,13H2,1H3,(H,26,29)(H,31,32);(H3,1,2,3,4). The van der Waals surface area contributed by atoms with Gasteiger partial charge in [0.2, 0.25) is 0 Å². The van der Waals surface area contributed by atoms with Crippen LogP contribution < -0.4 is 15.6 Å². The largest absolute Gasteiger partial charge is 0.497 e. The number of carbonyl (C=O) groups is 2. The van der Waals surface area contributed by atoms with Crippen molar-refractivity contribution in [3.63, 3.8) is 0 Å². The Hall–Kier alpha value is -4.42. The number of nitrogens with zero attached hydrogens (tertiary/aromatic N) is 3. The molecule has 0 fully saturated rings. The summed E-state index contributed by atoms with van der Waals surface area (Å²) in [6, 6.07) is 15.0. The number of aromatic nitrogens is 3. The van der Waals surface area contributed by atoms with E-state index in [2.05, 4.69) is 15.3 Å². The Morgan fingerprint density at radius 1 is 1.00 bits per heavy atom. The van der Waals surface area contributed by atoms with E-state index in [4.69, 9.17) is 29.1 Å². The topological polar surface area (TPSA) is 201 Å². The third kappa shape index (κ3) is 8.05. The molecule has 198 valence electrons. The van der Waals surface area contributed by atoms with Crippen molar-refractivity contribution in [1.29, 1.82) is 0 Å². The van der Waals surface area contributed by atoms with Crippen LogP contribution in [0.5, 0.6) is 5.75 Å². The number of fused-ring (bicyclic) bond motifs is 1. The third-order valence-corrected chi connectivity index (χ3v) is 5.11. The number of methoxy groups -OCH3 is 1. The van der Waals surface area contributed by atoms with Crippen LogP contribution >= 0.6 is 7.82 Å². The SMILES string of the molecule is COc1ccc(CNC(=O)c2cc3c(=O)n(Cc4ccc(C(=O)O)cc4)cnc3cn2)cc1.O=P(O)(O)O. The van der Waals surface area contributed by atoms with Gasteiger partial charge in [-0.25, -0.2) is 19.3 Å². The molecule has 2 heterocycles. The van der Waals surface area contributed by atoms with Gasteiger partial charge in [-0.2, -0.15) is 0 Å². The molecule has 1 amide bonds. The number of phosphoric acid groups is 1. The highest BCUT2D eigenvalue weighted by Gasteiger charge is 2.12. The molecular weight excluding hydrogens is 519 g/mol. The summed E-state index contributed by atoms with van der Waals surface area (Å²) in [6.07, 6.45) is 2.80. The molecular formula is C24H23N4O9P. The summed E-state index contributed by atoms with van der Waals surface area (Å²) in [4.78, 5) is 66.5. The number of hydrogen-bond donors (Lipinski definition) is 5. The van der Waals surface area contributed by atoms with Gasteiger partial charge < -0.3 is 29.8 Å². The lowest BCUT2D eigenvalue weighted by atomic mass is 10.1. The number of benzene rings is 2. The fraction of sp³-hybridized carbons (Fsp3) is 0.125. The molecule has 0 aliphatic carbocycles. The fourth-order valence-electron chi connectivity index (χ4n) is 3.26. The first-order chi connectivity index (χ1) is 17.9. The predicted octanol–water partition coefficient (Wildman–Crippen LogP) is 1.55. The molecule has 13 nitrogen and oxygen atoms in total. The van der Waals surface area contributed by atoms with Crippen LogP contribution in [0.25, 0.3) is 10.9 Å². The van der Waals surface area contributed by atoms with Crippen LogP contribution in [-0.2, 0) is 17.7 Å². The summed E-state index contributed by atoms with van der Waals surface area (Å²) in [7, 11) is -3.06. The second kappa shape index (κ2) is 12.2. The molecule has 2 aromatic heterocycles. The van der Waals surface area contributed by atoms with E-state index in [1.807, 2.05) is 12.1 Å². The number of aromatic carboxylic acids is 1. The normalized spacial score (nSPS) is 10.8.